The number of rotatable bonds is 21. The van der Waals surface area contributed by atoms with Crippen LogP contribution in [0.3, 0.4) is 0 Å². The largest absolute Gasteiger partial charge is 0.481 e. The van der Waals surface area contributed by atoms with Crippen LogP contribution in [0, 0.1) is 0 Å². The van der Waals surface area contributed by atoms with Gasteiger partial charge in [-0.25, -0.2) is 0 Å². The van der Waals surface area contributed by atoms with Crippen molar-refractivity contribution in [1.82, 2.24) is 0 Å². The zero-order valence-corrected chi connectivity index (χ0v) is 27.1. The van der Waals surface area contributed by atoms with Crippen molar-refractivity contribution < 1.29 is 95.2 Å². The van der Waals surface area contributed by atoms with Gasteiger partial charge in [0.05, 0.1) is 19.6 Å². The molecule has 0 spiro atoms. The first kappa shape index (κ1) is 56.1. The third-order valence-corrected chi connectivity index (χ3v) is 5.53. The highest BCUT2D eigenvalue weighted by molar-refractivity contribution is 5.80. The van der Waals surface area contributed by atoms with Crippen LogP contribution in [-0.2, 0) is 28.8 Å². The molecule has 24 heteroatoms. The van der Waals surface area contributed by atoms with Gasteiger partial charge in [0.2, 0.25) is 0 Å². The van der Waals surface area contributed by atoms with Gasteiger partial charge in [0.1, 0.15) is 60.9 Å². The van der Waals surface area contributed by atoms with Crippen LogP contribution in [0.25, 0.3) is 0 Å². The smallest absolute Gasteiger partial charge is 0.321 e. The maximum atomic E-state index is 10.1. The Morgan fingerprint density at radius 2 is 0.860 bits per heavy atom. The molecule has 10 atom stereocenters. The maximum Gasteiger partial charge on any atom is 0.321 e. The lowest BCUT2D eigenvalue weighted by Gasteiger charge is -2.22. The Balaban J connectivity index is -0.000000169. The van der Waals surface area contributed by atoms with Crippen molar-refractivity contribution in [3.05, 3.63) is 0 Å². The fraction of sp³-hybridized carbons (Fsp3) is 0.769. The van der Waals surface area contributed by atoms with Crippen LogP contribution in [0.2, 0.25) is 0 Å². The summed E-state index contributed by atoms with van der Waals surface area (Å²) in [6.07, 6.45) is -8.70. The second-order valence-corrected chi connectivity index (χ2v) is 9.87. The molecule has 0 heterocycles. The first-order chi connectivity index (χ1) is 23.1. The molecule has 0 amide bonds. The van der Waals surface area contributed by atoms with E-state index in [4.69, 9.17) is 95.1 Å². The minimum absolute atomic E-state index is 0.0258. The quantitative estimate of drug-likeness (QED) is 0.0383. The summed E-state index contributed by atoms with van der Waals surface area (Å²) in [7, 11) is 0. The first-order valence-electron chi connectivity index (χ1n) is 14.5. The fourth-order valence-electron chi connectivity index (χ4n) is 2.40. The summed E-state index contributed by atoms with van der Waals surface area (Å²) < 4.78 is 0. The van der Waals surface area contributed by atoms with Crippen molar-refractivity contribution in [3.8, 4) is 0 Å². The van der Waals surface area contributed by atoms with E-state index < -0.39 is 104 Å². The second-order valence-electron chi connectivity index (χ2n) is 9.87. The predicted molar refractivity (Wildman–Crippen MR) is 169 cm³/mol. The van der Waals surface area contributed by atoms with Crippen LogP contribution in [0.4, 0.5) is 0 Å². The molecule has 24 nitrogen and oxygen atoms in total. The van der Waals surface area contributed by atoms with Gasteiger partial charge in [0.15, 0.2) is 12.6 Å². The Morgan fingerprint density at radius 1 is 0.520 bits per heavy atom. The van der Waals surface area contributed by atoms with E-state index in [2.05, 4.69) is 0 Å². The normalized spacial score (nSPS) is 16.2. The van der Waals surface area contributed by atoms with Gasteiger partial charge in [-0.2, -0.15) is 0 Å². The van der Waals surface area contributed by atoms with Gasteiger partial charge in [0.25, 0.3) is 0 Å². The molecule has 0 unspecified atom stereocenters. The standard InChI is InChI=1S/C6H14N2O2.C6H12O6.C5H12N2O2.C5H10O5.C4H7NO4/c7-4-2-1-3-5(8)6(9)10;7-1-3(9)5(11)6(12)4(10)2-8;6-3-1-2-4(7)5(8)9;6-1-3(8)5(10)4(9)2-7;5-2(4(8)9)1-3(6)7/h5H,1-4,7-8H2,(H,9,10);1,3-6,8-12H,2H2;4H,1-3,6-7H2,(H,8,9);1,3-5,7-10H,2H2;2H,1,5H2,(H,6,7)(H,8,9)/t5-;3-,4+,5+,6-;4-;3-,4-,5+;2-/m00010/s1. The predicted octanol–water partition coefficient (Wildman–Crippen LogP) is -8.58. The zero-order chi connectivity index (χ0) is 40.6. The molecule has 0 bridgehead atoms. The van der Waals surface area contributed by atoms with Crippen LogP contribution in [0.1, 0.15) is 38.5 Å². The number of aliphatic hydroxyl groups excluding tert-OH is 9. The summed E-state index contributed by atoms with van der Waals surface area (Å²) in [5, 5.41) is 110. The lowest BCUT2D eigenvalue weighted by Crippen LogP contribution is -2.46. The van der Waals surface area contributed by atoms with E-state index in [0.717, 1.165) is 12.8 Å². The molecule has 298 valence electrons. The summed E-state index contributed by atoms with van der Waals surface area (Å²) in [4.78, 5) is 59.5. The molecule has 0 rings (SSSR count). The van der Waals surface area contributed by atoms with Crippen molar-refractivity contribution in [3.63, 3.8) is 0 Å². The molecule has 23 N–H and O–H groups in total. The zero-order valence-electron chi connectivity index (χ0n) is 27.1. The summed E-state index contributed by atoms with van der Waals surface area (Å²) in [5.41, 5.74) is 25.5. The number of aldehydes is 2. The Bertz CT molecular complexity index is 906. The maximum absolute atomic E-state index is 10.1. The van der Waals surface area contributed by atoms with E-state index in [9.17, 15) is 28.8 Å². The third kappa shape index (κ3) is 34.5. The lowest BCUT2D eigenvalue weighted by atomic mass is 10.0. The van der Waals surface area contributed by atoms with Crippen molar-refractivity contribution in [2.75, 3.05) is 26.3 Å². The van der Waals surface area contributed by atoms with Crippen LogP contribution < -0.4 is 28.7 Å². The number of carboxylic acids is 4. The molecule has 0 aliphatic carbocycles. The molecule has 0 saturated heterocycles. The molecule has 0 aromatic carbocycles. The van der Waals surface area contributed by atoms with Gasteiger partial charge in [0, 0.05) is 0 Å². The number of aliphatic hydroxyl groups is 9. The van der Waals surface area contributed by atoms with E-state index in [-0.39, 0.29) is 12.6 Å². The molecule has 0 fully saturated rings. The summed E-state index contributed by atoms with van der Waals surface area (Å²) in [6.45, 7) is -0.344. The number of carboxylic acid groups (broad SMARTS) is 4. The number of carbonyl (C=O) groups is 6. The van der Waals surface area contributed by atoms with Crippen molar-refractivity contribution in [2.45, 2.75) is 99.4 Å². The monoisotopic (exact) mass is 741 g/mol. The Hall–Kier alpha value is -3.34. The molecular weight excluding hydrogens is 686 g/mol. The lowest BCUT2D eigenvalue weighted by molar-refractivity contribution is -0.144. The van der Waals surface area contributed by atoms with E-state index in [1.807, 2.05) is 0 Å². The number of hydrogen-bond donors (Lipinski definition) is 18. The Morgan fingerprint density at radius 3 is 1.14 bits per heavy atom. The van der Waals surface area contributed by atoms with Gasteiger partial charge >= 0.3 is 23.9 Å². The van der Waals surface area contributed by atoms with E-state index in [0.29, 0.717) is 32.4 Å². The van der Waals surface area contributed by atoms with Crippen LogP contribution in [0.5, 0.6) is 0 Å². The van der Waals surface area contributed by atoms with Gasteiger partial charge in [-0.05, 0) is 38.8 Å². The summed E-state index contributed by atoms with van der Waals surface area (Å²) in [5.74, 6) is -4.39. The molecular formula is C26H55N5O19. The van der Waals surface area contributed by atoms with Crippen LogP contribution in [-0.4, -0.2) is 190 Å². The number of hydrogen-bond acceptors (Lipinski definition) is 20. The highest BCUT2D eigenvalue weighted by Gasteiger charge is 2.29. The molecule has 0 aliphatic rings. The van der Waals surface area contributed by atoms with E-state index in [1.54, 1.807) is 0 Å². The number of carbonyl (C=O) groups excluding carboxylic acids is 2. The topological polar surface area (TPSA) is 496 Å². The summed E-state index contributed by atoms with van der Waals surface area (Å²) in [6, 6.07) is -2.75. The molecule has 0 aliphatic heterocycles. The minimum atomic E-state index is -1.79. The van der Waals surface area contributed by atoms with Crippen molar-refractivity contribution >= 4 is 36.4 Å². The van der Waals surface area contributed by atoms with Crippen LogP contribution >= 0.6 is 0 Å². The van der Waals surface area contributed by atoms with Gasteiger partial charge in [-0.1, -0.05) is 6.42 Å². The highest BCUT2D eigenvalue weighted by atomic mass is 16.4. The molecule has 0 aromatic rings. The van der Waals surface area contributed by atoms with E-state index >= 15 is 0 Å². The number of nitrogens with two attached hydrogens (primary N) is 5. The van der Waals surface area contributed by atoms with Crippen molar-refractivity contribution in [1.29, 1.82) is 0 Å². The Labute approximate surface area is 286 Å². The average Bonchev–Trinajstić information content (AvgIpc) is 3.08. The van der Waals surface area contributed by atoms with Gasteiger partial charge in [-0.3, -0.25) is 19.2 Å². The minimum Gasteiger partial charge on any atom is -0.481 e. The summed E-state index contributed by atoms with van der Waals surface area (Å²) >= 11 is 0. The Kier molecular flexibility index (Phi) is 39.8. The molecule has 50 heavy (non-hydrogen) atoms. The number of unbranched alkanes of at least 4 members (excludes halogenated alkanes) is 1. The van der Waals surface area contributed by atoms with Crippen LogP contribution in [0.15, 0.2) is 0 Å². The third-order valence-electron chi connectivity index (χ3n) is 5.53. The van der Waals surface area contributed by atoms with E-state index in [1.165, 1.54) is 0 Å². The SMILES string of the molecule is NCCCC[C@H](N)C(=O)O.NCCC[C@H](N)C(=O)O.N[C@@H](CC(=O)O)C(=O)O.O=C[C@@H](O)[C@H](O)[C@H](O)CO.O=C[C@H](O)[C@@H](O)[C@@H](O)[C@H](O)CO. The highest BCUT2D eigenvalue weighted by Crippen LogP contribution is 2.03. The van der Waals surface area contributed by atoms with Gasteiger partial charge < -0.3 is 105 Å². The average molecular weight is 742 g/mol. The molecule has 0 aromatic heterocycles. The van der Waals surface area contributed by atoms with Gasteiger partial charge in [-0.15, -0.1) is 0 Å². The molecule has 0 saturated carbocycles. The molecule has 0 radical (unpaired) electrons. The fourth-order valence-corrected chi connectivity index (χ4v) is 2.40. The number of aliphatic carboxylic acids is 4. The first-order valence-corrected chi connectivity index (χ1v) is 14.5. The van der Waals surface area contributed by atoms with Crippen molar-refractivity contribution in [2.24, 2.45) is 28.7 Å². The second kappa shape index (κ2) is 35.5.